The van der Waals surface area contributed by atoms with Crippen LogP contribution >= 0.6 is 0 Å². The molecule has 14 heavy (non-hydrogen) atoms. The van der Waals surface area contributed by atoms with Gasteiger partial charge in [-0.2, -0.15) is 0 Å². The lowest BCUT2D eigenvalue weighted by Gasteiger charge is -2.31. The third-order valence-corrected chi connectivity index (χ3v) is 2.44. The van der Waals surface area contributed by atoms with Gasteiger partial charge in [-0.05, 0) is 33.7 Å². The quantitative estimate of drug-likeness (QED) is 0.475. The number of nitrogens with one attached hydrogen (secondary N) is 1. The Morgan fingerprint density at radius 1 is 1.36 bits per heavy atom. The van der Waals surface area contributed by atoms with Crippen LogP contribution in [0, 0.1) is 0 Å². The first kappa shape index (κ1) is 13.7. The van der Waals surface area contributed by atoms with E-state index in [9.17, 15) is 0 Å². The van der Waals surface area contributed by atoms with E-state index in [-0.39, 0.29) is 0 Å². The van der Waals surface area contributed by atoms with Crippen LogP contribution in [0.15, 0.2) is 12.7 Å². The van der Waals surface area contributed by atoms with Gasteiger partial charge in [0.25, 0.3) is 0 Å². The first-order chi connectivity index (χ1) is 6.63. The summed E-state index contributed by atoms with van der Waals surface area (Å²) >= 11 is 0. The number of hydrogen-bond donors (Lipinski definition) is 1. The minimum atomic E-state index is 0.583. The van der Waals surface area contributed by atoms with Crippen molar-refractivity contribution >= 4 is 0 Å². The summed E-state index contributed by atoms with van der Waals surface area (Å²) in [6, 6.07) is 1.17. The second-order valence-corrected chi connectivity index (χ2v) is 4.13. The highest BCUT2D eigenvalue weighted by molar-refractivity contribution is 4.80. The van der Waals surface area contributed by atoms with Crippen LogP contribution in [0.4, 0.5) is 0 Å². The zero-order valence-corrected chi connectivity index (χ0v) is 10.2. The van der Waals surface area contributed by atoms with E-state index in [0.29, 0.717) is 12.1 Å². The first-order valence-electron chi connectivity index (χ1n) is 5.70. The van der Waals surface area contributed by atoms with Gasteiger partial charge in [0.05, 0.1) is 0 Å². The van der Waals surface area contributed by atoms with Crippen LogP contribution in [0.5, 0.6) is 0 Å². The molecule has 0 heterocycles. The molecule has 0 bridgehead atoms. The molecule has 1 N–H and O–H groups in total. The lowest BCUT2D eigenvalue weighted by atomic mass is 10.2. The third kappa shape index (κ3) is 5.40. The Morgan fingerprint density at radius 2 is 2.00 bits per heavy atom. The highest BCUT2D eigenvalue weighted by atomic mass is 15.2. The average molecular weight is 198 g/mol. The predicted octanol–water partition coefficient (Wildman–Crippen LogP) is 2.27. The monoisotopic (exact) mass is 198 g/mol. The van der Waals surface area contributed by atoms with E-state index in [4.69, 9.17) is 0 Å². The highest BCUT2D eigenvalue weighted by Crippen LogP contribution is 2.04. The molecule has 0 amide bonds. The lowest BCUT2D eigenvalue weighted by Crippen LogP contribution is -2.44. The summed E-state index contributed by atoms with van der Waals surface area (Å²) in [7, 11) is 0. The Morgan fingerprint density at radius 3 is 2.43 bits per heavy atom. The largest absolute Gasteiger partial charge is 0.315 e. The summed E-state index contributed by atoms with van der Waals surface area (Å²) in [5.74, 6) is 0. The molecule has 0 saturated carbocycles. The minimum absolute atomic E-state index is 0.583. The van der Waals surface area contributed by atoms with Gasteiger partial charge in [-0.1, -0.05) is 13.0 Å². The number of rotatable bonds is 8. The number of nitrogens with zero attached hydrogens (tertiary/aromatic N) is 1. The molecule has 84 valence electrons. The van der Waals surface area contributed by atoms with Crippen molar-refractivity contribution in [3.05, 3.63) is 12.7 Å². The highest BCUT2D eigenvalue weighted by Gasteiger charge is 2.14. The van der Waals surface area contributed by atoms with Crippen molar-refractivity contribution in [2.75, 3.05) is 19.6 Å². The molecule has 0 fully saturated rings. The molecule has 1 atom stereocenters. The molecule has 0 aliphatic heterocycles. The van der Waals surface area contributed by atoms with E-state index in [1.54, 1.807) is 0 Å². The maximum absolute atomic E-state index is 3.80. The fraction of sp³-hybridized carbons (Fsp3) is 0.833. The summed E-state index contributed by atoms with van der Waals surface area (Å²) in [4.78, 5) is 2.45. The van der Waals surface area contributed by atoms with Gasteiger partial charge in [-0.3, -0.25) is 4.90 Å². The molecule has 0 saturated heterocycles. The van der Waals surface area contributed by atoms with Gasteiger partial charge in [0.2, 0.25) is 0 Å². The van der Waals surface area contributed by atoms with Gasteiger partial charge < -0.3 is 5.32 Å². The molecular formula is C12H26N2. The van der Waals surface area contributed by atoms with Crippen LogP contribution in [-0.4, -0.2) is 36.6 Å². The maximum Gasteiger partial charge on any atom is 0.0198 e. The van der Waals surface area contributed by atoms with Crippen molar-refractivity contribution in [2.24, 2.45) is 0 Å². The smallest absolute Gasteiger partial charge is 0.0198 e. The van der Waals surface area contributed by atoms with Crippen molar-refractivity contribution in [3.8, 4) is 0 Å². The standard InChI is InChI=1S/C12H26N2/c1-6-8-13-10-12(5)14(9-7-2)11(3)4/h7,11-13H,2,6,8-10H2,1,3-5H3. The van der Waals surface area contributed by atoms with Gasteiger partial charge in [-0.25, -0.2) is 0 Å². The van der Waals surface area contributed by atoms with E-state index in [2.05, 4.69) is 44.5 Å². The van der Waals surface area contributed by atoms with Crippen molar-refractivity contribution < 1.29 is 0 Å². The second kappa shape index (κ2) is 8.01. The summed E-state index contributed by atoms with van der Waals surface area (Å²) < 4.78 is 0. The van der Waals surface area contributed by atoms with Crippen LogP contribution in [-0.2, 0) is 0 Å². The van der Waals surface area contributed by atoms with Gasteiger partial charge in [0.15, 0.2) is 0 Å². The molecule has 0 radical (unpaired) electrons. The third-order valence-electron chi connectivity index (χ3n) is 2.44. The van der Waals surface area contributed by atoms with Crippen molar-refractivity contribution in [3.63, 3.8) is 0 Å². The Balaban J connectivity index is 3.88. The van der Waals surface area contributed by atoms with E-state index in [1.165, 1.54) is 6.42 Å². The zero-order valence-electron chi connectivity index (χ0n) is 10.2. The van der Waals surface area contributed by atoms with E-state index in [0.717, 1.165) is 19.6 Å². The normalized spacial score (nSPS) is 13.6. The number of hydrogen-bond acceptors (Lipinski definition) is 2. The van der Waals surface area contributed by atoms with Gasteiger partial charge in [-0.15, -0.1) is 6.58 Å². The maximum atomic E-state index is 3.80. The fourth-order valence-corrected chi connectivity index (χ4v) is 1.65. The van der Waals surface area contributed by atoms with Crippen LogP contribution in [0.3, 0.4) is 0 Å². The van der Waals surface area contributed by atoms with Crippen LogP contribution < -0.4 is 5.32 Å². The van der Waals surface area contributed by atoms with Crippen LogP contribution in [0.1, 0.15) is 34.1 Å². The Kier molecular flexibility index (Phi) is 7.81. The minimum Gasteiger partial charge on any atom is -0.315 e. The molecule has 1 unspecified atom stereocenters. The fourth-order valence-electron chi connectivity index (χ4n) is 1.65. The summed E-state index contributed by atoms with van der Waals surface area (Å²) in [6.45, 7) is 15.9. The molecule has 0 aromatic heterocycles. The zero-order chi connectivity index (χ0) is 11.0. The second-order valence-electron chi connectivity index (χ2n) is 4.13. The molecule has 0 aliphatic carbocycles. The molecule has 0 spiro atoms. The predicted molar refractivity (Wildman–Crippen MR) is 64.7 cm³/mol. The Bertz CT molecular complexity index is 143. The molecule has 0 aromatic carbocycles. The molecule has 0 rings (SSSR count). The summed E-state index contributed by atoms with van der Waals surface area (Å²) in [6.07, 6.45) is 3.19. The van der Waals surface area contributed by atoms with E-state index in [1.807, 2.05) is 6.08 Å². The van der Waals surface area contributed by atoms with E-state index < -0.39 is 0 Å². The molecule has 2 nitrogen and oxygen atoms in total. The summed E-state index contributed by atoms with van der Waals surface area (Å²) in [5.41, 5.74) is 0. The van der Waals surface area contributed by atoms with E-state index >= 15 is 0 Å². The SMILES string of the molecule is C=CCN(C(C)C)C(C)CNCCC. The first-order valence-corrected chi connectivity index (χ1v) is 5.70. The van der Waals surface area contributed by atoms with Crippen LogP contribution in [0.25, 0.3) is 0 Å². The Hall–Kier alpha value is -0.340. The topological polar surface area (TPSA) is 15.3 Å². The molecule has 0 aliphatic rings. The van der Waals surface area contributed by atoms with Crippen LogP contribution in [0.2, 0.25) is 0 Å². The average Bonchev–Trinajstić information content (AvgIpc) is 2.13. The van der Waals surface area contributed by atoms with Crippen molar-refractivity contribution in [1.82, 2.24) is 10.2 Å². The molecule has 0 aromatic rings. The molecule has 2 heteroatoms. The van der Waals surface area contributed by atoms with Gasteiger partial charge >= 0.3 is 0 Å². The summed E-state index contributed by atoms with van der Waals surface area (Å²) in [5, 5.41) is 3.45. The lowest BCUT2D eigenvalue weighted by molar-refractivity contribution is 0.180. The molecular weight excluding hydrogens is 172 g/mol. The van der Waals surface area contributed by atoms with Crippen molar-refractivity contribution in [1.29, 1.82) is 0 Å². The van der Waals surface area contributed by atoms with Gasteiger partial charge in [0.1, 0.15) is 0 Å². The van der Waals surface area contributed by atoms with Gasteiger partial charge in [0, 0.05) is 25.2 Å². The Labute approximate surface area is 89.4 Å². The van der Waals surface area contributed by atoms with Crippen molar-refractivity contribution in [2.45, 2.75) is 46.2 Å².